The maximum atomic E-state index is 16.9. The van der Waals surface area contributed by atoms with Gasteiger partial charge in [-0.25, -0.2) is 8.78 Å². The highest BCUT2D eigenvalue weighted by Crippen LogP contribution is 2.72. The number of hydrogen-bond donors (Lipinski definition) is 5. The van der Waals surface area contributed by atoms with Gasteiger partial charge in [0.05, 0.1) is 18.1 Å². The van der Waals surface area contributed by atoms with Crippen molar-refractivity contribution in [2.75, 3.05) is 12.5 Å². The quantitative estimate of drug-likeness (QED) is 0.245. The Morgan fingerprint density at radius 1 is 0.714 bits per heavy atom. The van der Waals surface area contributed by atoms with Gasteiger partial charge >= 0.3 is 0 Å². The van der Waals surface area contributed by atoms with Crippen molar-refractivity contribution in [3.63, 3.8) is 0 Å². The number of Topliss-reactive ketones (excluding diaryl/α,β-unsaturated/α-hetero) is 2. The van der Waals surface area contributed by atoms with E-state index in [1.54, 1.807) is 39.8 Å². The van der Waals surface area contributed by atoms with Crippen LogP contribution >= 0.6 is 11.6 Å². The zero-order valence-corrected chi connectivity index (χ0v) is 33.9. The fourth-order valence-corrected chi connectivity index (χ4v) is 14.7. The smallest absolute Gasteiger partial charge is 0.190 e. The number of carbonyl (C=O) groups excluding carboxylic acids is 4. The third kappa shape index (κ3) is 4.82. The predicted molar refractivity (Wildman–Crippen MR) is 204 cm³/mol. The van der Waals surface area contributed by atoms with Gasteiger partial charge in [-0.15, -0.1) is 11.6 Å². The minimum absolute atomic E-state index is 0.0151. The maximum absolute atomic E-state index is 16.9. The maximum Gasteiger partial charge on any atom is 0.190 e. The average Bonchev–Trinajstić information content (AvgIpc) is 3.48. The lowest BCUT2D eigenvalue weighted by Gasteiger charge is -2.62. The molecule has 0 heterocycles. The van der Waals surface area contributed by atoms with Crippen molar-refractivity contribution >= 4 is 34.7 Å². The predicted octanol–water partition coefficient (Wildman–Crippen LogP) is 5.04. The molecule has 6 fully saturated rings. The van der Waals surface area contributed by atoms with Gasteiger partial charge in [0.15, 0.2) is 34.5 Å². The molecule has 6 saturated carbocycles. The van der Waals surface area contributed by atoms with E-state index in [1.165, 1.54) is 24.3 Å². The summed E-state index contributed by atoms with van der Waals surface area (Å²) in [6.07, 6.45) is 9.12. The van der Waals surface area contributed by atoms with Gasteiger partial charge in [0, 0.05) is 33.5 Å². The summed E-state index contributed by atoms with van der Waals surface area (Å²) in [5.74, 6) is -4.15. The van der Waals surface area contributed by atoms with Crippen LogP contribution in [0.15, 0.2) is 47.6 Å². The largest absolute Gasteiger partial charge is 0.390 e. The van der Waals surface area contributed by atoms with Gasteiger partial charge < -0.3 is 25.5 Å². The van der Waals surface area contributed by atoms with E-state index < -0.39 is 92.3 Å². The second-order valence-corrected chi connectivity index (χ2v) is 19.7. The van der Waals surface area contributed by atoms with Crippen molar-refractivity contribution in [3.05, 3.63) is 47.6 Å². The number of alkyl halides is 3. The summed E-state index contributed by atoms with van der Waals surface area (Å²) in [5.41, 5.74) is -10.1. The summed E-state index contributed by atoms with van der Waals surface area (Å²) in [5, 5.41) is 54.6. The van der Waals surface area contributed by atoms with Crippen LogP contribution in [0.5, 0.6) is 0 Å². The van der Waals surface area contributed by atoms with Gasteiger partial charge in [-0.3, -0.25) is 19.2 Å². The Balaban J connectivity index is 0.000000172. The molecular weight excluding hydrogens is 746 g/mol. The molecule has 0 aromatic rings. The summed E-state index contributed by atoms with van der Waals surface area (Å²) in [4.78, 5) is 48.9. The molecule has 0 amide bonds. The highest BCUT2D eigenvalue weighted by Gasteiger charge is 2.77. The van der Waals surface area contributed by atoms with Crippen LogP contribution in [0.25, 0.3) is 0 Å². The standard InChI is InChI=1S/C22H28ClFO4.C22H29FO5/c1-12-8-16-15-5-4-13-9-14(25)6-7-19(13,2)21(15,24)17(26)10-20(16,3)22(12,28)18(27)11-23;1-12-8-16-15-5-4-13-9-14(25)6-7-19(13,2)21(15,23)17(26)10-20(16,3)22(12,28)18(27)11-24/h6-7,9,12,15-17,26,28H,4-5,8,10-11H2,1-3H3;6-7,9,12,15-17,24,26,28H,4-5,8,10-11H2,1-3H3/t2*12-,15-,16-,17-,19-,20-,21-,22-/m00/s1. The molecule has 9 nitrogen and oxygen atoms in total. The highest BCUT2D eigenvalue weighted by molar-refractivity contribution is 6.29. The zero-order valence-electron chi connectivity index (χ0n) is 33.2. The normalized spacial score (nSPS) is 52.5. The number of halogens is 3. The molecule has 5 N–H and O–H groups in total. The molecule has 8 aliphatic carbocycles. The Hall–Kier alpha value is -2.41. The first-order valence-corrected chi connectivity index (χ1v) is 20.8. The molecule has 0 aromatic heterocycles. The monoisotopic (exact) mass is 802 g/mol. The average molecular weight is 803 g/mol. The Bertz CT molecular complexity index is 1750. The van der Waals surface area contributed by atoms with Crippen LogP contribution in [0.2, 0.25) is 0 Å². The second kappa shape index (κ2) is 13.0. The van der Waals surface area contributed by atoms with Crippen LogP contribution in [-0.4, -0.2) is 95.9 Å². The van der Waals surface area contributed by atoms with Crippen molar-refractivity contribution in [1.82, 2.24) is 0 Å². The van der Waals surface area contributed by atoms with Crippen LogP contribution in [0.4, 0.5) is 8.78 Å². The summed E-state index contributed by atoms with van der Waals surface area (Å²) in [7, 11) is 0. The van der Waals surface area contributed by atoms with Gasteiger partial charge in [-0.1, -0.05) is 51.0 Å². The van der Waals surface area contributed by atoms with Crippen molar-refractivity contribution in [1.29, 1.82) is 0 Å². The van der Waals surface area contributed by atoms with Gasteiger partial charge in [0.1, 0.15) is 17.8 Å². The summed E-state index contributed by atoms with van der Waals surface area (Å²) < 4.78 is 33.7. The molecule has 0 spiro atoms. The van der Waals surface area contributed by atoms with E-state index in [-0.39, 0.29) is 48.0 Å². The SMILES string of the molecule is C[C@H]1C[C@H]2[C@@H]3CCC4=CC(=O)C=C[C@]4(C)[C@@]3(F)[C@@H](O)C[C@]2(C)[C@@]1(O)C(=O)CCl.C[C@H]1C[C@H]2[C@@H]3CCC4=CC(=O)C=C[C@]4(C)[C@@]3(F)[C@@H](O)C[C@]2(C)[C@@]1(O)C(=O)CO. The Morgan fingerprint density at radius 3 is 1.45 bits per heavy atom. The van der Waals surface area contributed by atoms with Crippen molar-refractivity contribution in [3.8, 4) is 0 Å². The molecule has 0 bridgehead atoms. The van der Waals surface area contributed by atoms with E-state index in [1.807, 2.05) is 13.8 Å². The topological polar surface area (TPSA) is 169 Å². The molecule has 16 atom stereocenters. The molecule has 8 rings (SSSR count). The van der Waals surface area contributed by atoms with E-state index in [9.17, 15) is 44.7 Å². The number of rotatable bonds is 4. The third-order valence-corrected chi connectivity index (χ3v) is 17.8. The van der Waals surface area contributed by atoms with Crippen LogP contribution in [0, 0.1) is 57.2 Å². The number of hydrogen-bond acceptors (Lipinski definition) is 9. The molecule has 56 heavy (non-hydrogen) atoms. The molecule has 12 heteroatoms. The molecule has 308 valence electrons. The fourth-order valence-electron chi connectivity index (χ4n) is 14.5. The zero-order chi connectivity index (χ0) is 41.4. The van der Waals surface area contributed by atoms with E-state index in [0.29, 0.717) is 44.1 Å². The van der Waals surface area contributed by atoms with Crippen LogP contribution in [-0.2, 0) is 19.2 Å². The lowest BCUT2D eigenvalue weighted by molar-refractivity contribution is -0.219. The highest BCUT2D eigenvalue weighted by atomic mass is 35.5. The minimum atomic E-state index is -1.98. The van der Waals surface area contributed by atoms with Crippen molar-refractivity contribution < 1.29 is 53.5 Å². The Labute approximate surface area is 332 Å². The number of fused-ring (bicyclic) bond motifs is 10. The lowest BCUT2D eigenvalue weighted by Crippen LogP contribution is -2.69. The van der Waals surface area contributed by atoms with Gasteiger partial charge in [-0.2, -0.15) is 0 Å². The number of allylic oxidation sites excluding steroid dienone is 8. The molecule has 0 aromatic carbocycles. The first-order chi connectivity index (χ1) is 25.9. The van der Waals surface area contributed by atoms with Crippen LogP contribution in [0.1, 0.15) is 92.9 Å². The number of aliphatic hydroxyl groups is 5. The molecule has 0 saturated heterocycles. The van der Waals surface area contributed by atoms with E-state index >= 15 is 8.78 Å². The Morgan fingerprint density at radius 2 is 1.09 bits per heavy atom. The second-order valence-electron chi connectivity index (χ2n) is 19.5. The minimum Gasteiger partial charge on any atom is -0.390 e. The number of aliphatic hydroxyl groups excluding tert-OH is 3. The van der Waals surface area contributed by atoms with Crippen LogP contribution < -0.4 is 0 Å². The Kier molecular flexibility index (Phi) is 9.72. The number of carbonyl (C=O) groups is 4. The van der Waals surface area contributed by atoms with E-state index in [4.69, 9.17) is 11.6 Å². The summed E-state index contributed by atoms with van der Waals surface area (Å²) in [6.45, 7) is 9.86. The van der Waals surface area contributed by atoms with E-state index in [0.717, 1.165) is 5.57 Å². The van der Waals surface area contributed by atoms with Crippen LogP contribution in [0.3, 0.4) is 0 Å². The summed E-state index contributed by atoms with van der Waals surface area (Å²) >= 11 is 5.81. The molecule has 0 aliphatic heterocycles. The summed E-state index contributed by atoms with van der Waals surface area (Å²) in [6, 6.07) is 0. The van der Waals surface area contributed by atoms with Crippen molar-refractivity contribution in [2.24, 2.45) is 57.2 Å². The third-order valence-electron chi connectivity index (χ3n) is 17.6. The van der Waals surface area contributed by atoms with Crippen molar-refractivity contribution in [2.45, 2.75) is 128 Å². The van der Waals surface area contributed by atoms with Gasteiger partial charge in [0.25, 0.3) is 0 Å². The lowest BCUT2D eigenvalue weighted by atomic mass is 9.44. The van der Waals surface area contributed by atoms with Gasteiger partial charge in [-0.05, 0) is 113 Å². The molecular formula is C44H57ClF2O9. The molecule has 0 radical (unpaired) electrons. The fraction of sp³-hybridized carbons (Fsp3) is 0.727. The van der Waals surface area contributed by atoms with E-state index in [2.05, 4.69) is 0 Å². The first kappa shape index (κ1) is 41.7. The molecule has 0 unspecified atom stereocenters. The van der Waals surface area contributed by atoms with Gasteiger partial charge in [0.2, 0.25) is 0 Å². The first-order valence-electron chi connectivity index (χ1n) is 20.2. The molecule has 8 aliphatic rings. The number of ketones is 4.